The maximum absolute atomic E-state index is 12.5. The van der Waals surface area contributed by atoms with Crippen molar-refractivity contribution >= 4 is 0 Å². The Morgan fingerprint density at radius 2 is 1.92 bits per heavy atom. The molecule has 0 bridgehead atoms. The molecule has 0 aliphatic rings. The van der Waals surface area contributed by atoms with Gasteiger partial charge in [-0.15, -0.1) is 0 Å². The third-order valence-corrected chi connectivity index (χ3v) is 2.16. The van der Waals surface area contributed by atoms with Crippen LogP contribution in [0.15, 0.2) is 24.3 Å². The third kappa shape index (κ3) is 2.50. The molecule has 0 saturated heterocycles. The summed E-state index contributed by atoms with van der Waals surface area (Å²) < 4.78 is 12.5. The van der Waals surface area contributed by atoms with Gasteiger partial charge in [-0.1, -0.05) is 19.1 Å². The number of aliphatic hydroxyl groups excluding tert-OH is 1. The van der Waals surface area contributed by atoms with Crippen LogP contribution >= 0.6 is 0 Å². The lowest BCUT2D eigenvalue weighted by molar-refractivity contribution is 0.217. The fraction of sp³-hybridized carbons (Fsp3) is 0.400. The molecule has 0 saturated carbocycles. The monoisotopic (exact) mass is 183 g/mol. The summed E-state index contributed by atoms with van der Waals surface area (Å²) in [6, 6.07) is 5.81. The van der Waals surface area contributed by atoms with Crippen LogP contribution in [0.5, 0.6) is 0 Å². The Bertz CT molecular complexity index is 260. The number of hydrogen-bond acceptors (Lipinski definition) is 2. The molecule has 0 aromatic heterocycles. The SMILES string of the molecule is CC(CO)C(N)c1ccc(F)cc1. The van der Waals surface area contributed by atoms with Crippen LogP contribution in [0.3, 0.4) is 0 Å². The van der Waals surface area contributed by atoms with Gasteiger partial charge in [0.2, 0.25) is 0 Å². The smallest absolute Gasteiger partial charge is 0.123 e. The van der Waals surface area contributed by atoms with Crippen LogP contribution < -0.4 is 5.73 Å². The van der Waals surface area contributed by atoms with E-state index < -0.39 is 0 Å². The second-order valence-corrected chi connectivity index (χ2v) is 3.24. The maximum Gasteiger partial charge on any atom is 0.123 e. The van der Waals surface area contributed by atoms with Crippen molar-refractivity contribution in [2.24, 2.45) is 11.7 Å². The van der Waals surface area contributed by atoms with Crippen molar-refractivity contribution in [1.29, 1.82) is 0 Å². The molecule has 0 radical (unpaired) electrons. The zero-order valence-electron chi connectivity index (χ0n) is 7.57. The Morgan fingerprint density at radius 3 is 2.38 bits per heavy atom. The summed E-state index contributed by atoms with van der Waals surface area (Å²) in [5.41, 5.74) is 6.67. The van der Waals surface area contributed by atoms with Crippen molar-refractivity contribution in [3.63, 3.8) is 0 Å². The number of benzene rings is 1. The number of nitrogens with two attached hydrogens (primary N) is 1. The molecule has 0 spiro atoms. The van der Waals surface area contributed by atoms with E-state index in [4.69, 9.17) is 10.8 Å². The zero-order chi connectivity index (χ0) is 9.84. The average molecular weight is 183 g/mol. The minimum Gasteiger partial charge on any atom is -0.396 e. The van der Waals surface area contributed by atoms with E-state index in [9.17, 15) is 4.39 Å². The Morgan fingerprint density at radius 1 is 1.38 bits per heavy atom. The minimum atomic E-state index is -0.271. The standard InChI is InChI=1S/C10H14FNO/c1-7(6-13)10(12)8-2-4-9(11)5-3-8/h2-5,7,10,13H,6,12H2,1H3. The average Bonchev–Trinajstić information content (AvgIpc) is 2.17. The highest BCUT2D eigenvalue weighted by Gasteiger charge is 2.13. The van der Waals surface area contributed by atoms with Gasteiger partial charge in [0.05, 0.1) is 0 Å². The molecule has 0 fully saturated rings. The largest absolute Gasteiger partial charge is 0.396 e. The summed E-state index contributed by atoms with van der Waals surface area (Å²) in [5.74, 6) is -0.280. The summed E-state index contributed by atoms with van der Waals surface area (Å²) in [6.07, 6.45) is 0. The van der Waals surface area contributed by atoms with Gasteiger partial charge in [-0.05, 0) is 23.6 Å². The van der Waals surface area contributed by atoms with Gasteiger partial charge in [-0.25, -0.2) is 4.39 Å². The van der Waals surface area contributed by atoms with Gasteiger partial charge in [0.25, 0.3) is 0 Å². The quantitative estimate of drug-likeness (QED) is 0.745. The van der Waals surface area contributed by atoms with E-state index in [-0.39, 0.29) is 24.4 Å². The molecule has 0 amide bonds. The first-order valence-electron chi connectivity index (χ1n) is 4.27. The van der Waals surface area contributed by atoms with Gasteiger partial charge in [0.15, 0.2) is 0 Å². The summed E-state index contributed by atoms with van der Waals surface area (Å²) >= 11 is 0. The van der Waals surface area contributed by atoms with E-state index in [2.05, 4.69) is 0 Å². The van der Waals surface area contributed by atoms with E-state index in [1.165, 1.54) is 12.1 Å². The Labute approximate surface area is 77.2 Å². The van der Waals surface area contributed by atoms with Crippen molar-refractivity contribution in [1.82, 2.24) is 0 Å². The number of halogens is 1. The van der Waals surface area contributed by atoms with Gasteiger partial charge >= 0.3 is 0 Å². The second kappa shape index (κ2) is 4.35. The van der Waals surface area contributed by atoms with E-state index in [1.807, 2.05) is 6.92 Å². The Kier molecular flexibility index (Phi) is 3.39. The fourth-order valence-corrected chi connectivity index (χ4v) is 1.13. The summed E-state index contributed by atoms with van der Waals surface area (Å²) in [4.78, 5) is 0. The van der Waals surface area contributed by atoms with Crippen molar-refractivity contribution in [2.45, 2.75) is 13.0 Å². The first kappa shape index (κ1) is 10.2. The third-order valence-electron chi connectivity index (χ3n) is 2.16. The van der Waals surface area contributed by atoms with E-state index in [1.54, 1.807) is 12.1 Å². The van der Waals surface area contributed by atoms with Crippen LogP contribution in [-0.2, 0) is 0 Å². The molecule has 13 heavy (non-hydrogen) atoms. The van der Waals surface area contributed by atoms with Gasteiger partial charge in [-0.2, -0.15) is 0 Å². The molecule has 3 N–H and O–H groups in total. The van der Waals surface area contributed by atoms with Crippen molar-refractivity contribution in [3.8, 4) is 0 Å². The lowest BCUT2D eigenvalue weighted by Gasteiger charge is -2.17. The summed E-state index contributed by atoms with van der Waals surface area (Å²) in [5, 5.41) is 8.87. The molecule has 0 aliphatic heterocycles. The van der Waals surface area contributed by atoms with Crippen molar-refractivity contribution < 1.29 is 9.50 Å². The molecule has 2 atom stereocenters. The molecule has 0 heterocycles. The number of rotatable bonds is 3. The summed E-state index contributed by atoms with van der Waals surface area (Å²) in [6.45, 7) is 1.90. The molecule has 2 unspecified atom stereocenters. The molecule has 1 aromatic rings. The van der Waals surface area contributed by atoms with Crippen LogP contribution in [-0.4, -0.2) is 11.7 Å². The molecule has 1 aromatic carbocycles. The molecular formula is C10H14FNO. The highest BCUT2D eigenvalue weighted by molar-refractivity contribution is 5.19. The normalized spacial score (nSPS) is 15.4. The van der Waals surface area contributed by atoms with E-state index in [0.717, 1.165) is 5.56 Å². The second-order valence-electron chi connectivity index (χ2n) is 3.24. The van der Waals surface area contributed by atoms with Crippen molar-refractivity contribution in [2.75, 3.05) is 6.61 Å². The summed E-state index contributed by atoms with van der Waals surface area (Å²) in [7, 11) is 0. The highest BCUT2D eigenvalue weighted by atomic mass is 19.1. The van der Waals surface area contributed by atoms with Crippen LogP contribution in [0.25, 0.3) is 0 Å². The molecule has 0 aliphatic carbocycles. The van der Waals surface area contributed by atoms with Crippen molar-refractivity contribution in [3.05, 3.63) is 35.6 Å². The topological polar surface area (TPSA) is 46.2 Å². The van der Waals surface area contributed by atoms with Gasteiger partial charge in [-0.3, -0.25) is 0 Å². The van der Waals surface area contributed by atoms with Gasteiger partial charge in [0, 0.05) is 12.6 Å². The maximum atomic E-state index is 12.5. The minimum absolute atomic E-state index is 0.00883. The first-order chi connectivity index (χ1) is 6.15. The molecule has 3 heteroatoms. The first-order valence-corrected chi connectivity index (χ1v) is 4.27. The highest BCUT2D eigenvalue weighted by Crippen LogP contribution is 2.18. The predicted octanol–water partition coefficient (Wildman–Crippen LogP) is 1.45. The lowest BCUT2D eigenvalue weighted by Crippen LogP contribution is -2.21. The van der Waals surface area contributed by atoms with E-state index >= 15 is 0 Å². The van der Waals surface area contributed by atoms with Gasteiger partial charge in [0.1, 0.15) is 5.82 Å². The number of hydrogen-bond donors (Lipinski definition) is 2. The van der Waals surface area contributed by atoms with Crippen LogP contribution in [0.1, 0.15) is 18.5 Å². The molecule has 72 valence electrons. The van der Waals surface area contributed by atoms with Gasteiger partial charge < -0.3 is 10.8 Å². The lowest BCUT2D eigenvalue weighted by atomic mass is 9.96. The molecule has 1 rings (SSSR count). The van der Waals surface area contributed by atoms with Crippen LogP contribution in [0.2, 0.25) is 0 Å². The fourth-order valence-electron chi connectivity index (χ4n) is 1.13. The Balaban J connectivity index is 2.77. The predicted molar refractivity (Wildman–Crippen MR) is 49.6 cm³/mol. The Hall–Kier alpha value is -0.930. The van der Waals surface area contributed by atoms with Crippen LogP contribution in [0.4, 0.5) is 4.39 Å². The zero-order valence-corrected chi connectivity index (χ0v) is 7.57. The molecular weight excluding hydrogens is 169 g/mol. The molecule has 2 nitrogen and oxygen atoms in total. The number of aliphatic hydroxyl groups is 1. The van der Waals surface area contributed by atoms with Crippen LogP contribution in [0, 0.1) is 11.7 Å². The van der Waals surface area contributed by atoms with E-state index in [0.29, 0.717) is 0 Å².